The monoisotopic (exact) mass is 364 g/mol. The lowest BCUT2D eigenvalue weighted by Crippen LogP contribution is -3.09. The highest BCUT2D eigenvalue weighted by molar-refractivity contribution is 5.82. The van der Waals surface area contributed by atoms with Crippen molar-refractivity contribution in [1.82, 2.24) is 5.32 Å². The van der Waals surface area contributed by atoms with E-state index in [-0.39, 0.29) is 5.91 Å². The summed E-state index contributed by atoms with van der Waals surface area (Å²) < 4.78 is 0. The molecule has 1 saturated heterocycles. The standard InChI is InChI=1S/C23H29N3O/c1-18-9-10-22-20(14-18)8-5-12-26(22)17-23(27)24-21-11-13-25(16-21)15-19-6-3-2-4-7-19/h2-4,6-7,9-10,14,21H,5,8,11-13,15-17H2,1H3,(H,24,27)/p+1/t21-/m0/s1. The molecule has 1 fully saturated rings. The second kappa shape index (κ2) is 8.13. The minimum absolute atomic E-state index is 0.161. The van der Waals surface area contributed by atoms with Gasteiger partial charge in [-0.15, -0.1) is 0 Å². The lowest BCUT2D eigenvalue weighted by Gasteiger charge is -2.31. The number of carbonyl (C=O) groups is 1. The summed E-state index contributed by atoms with van der Waals surface area (Å²) >= 11 is 0. The van der Waals surface area contributed by atoms with Crippen LogP contribution in [0, 0.1) is 6.92 Å². The molecule has 4 heteroatoms. The van der Waals surface area contributed by atoms with Crippen LogP contribution in [0.3, 0.4) is 0 Å². The summed E-state index contributed by atoms with van der Waals surface area (Å²) in [5, 5.41) is 3.28. The van der Waals surface area contributed by atoms with E-state index >= 15 is 0 Å². The Morgan fingerprint density at radius 3 is 2.93 bits per heavy atom. The molecule has 1 unspecified atom stereocenters. The minimum Gasteiger partial charge on any atom is -0.362 e. The van der Waals surface area contributed by atoms with E-state index in [1.54, 1.807) is 4.90 Å². The molecule has 2 aromatic rings. The third-order valence-corrected chi connectivity index (χ3v) is 5.83. The molecule has 0 saturated carbocycles. The number of fused-ring (bicyclic) bond motifs is 1. The van der Waals surface area contributed by atoms with Gasteiger partial charge < -0.3 is 15.1 Å². The zero-order valence-electron chi connectivity index (χ0n) is 16.2. The normalized spacial score (nSPS) is 21.7. The molecule has 2 aliphatic heterocycles. The fraction of sp³-hybridized carbons (Fsp3) is 0.435. The Labute approximate surface area is 162 Å². The van der Waals surface area contributed by atoms with Gasteiger partial charge in [0.15, 0.2) is 0 Å². The molecule has 142 valence electrons. The van der Waals surface area contributed by atoms with Crippen molar-refractivity contribution < 1.29 is 9.69 Å². The first kappa shape index (κ1) is 18.1. The highest BCUT2D eigenvalue weighted by Crippen LogP contribution is 2.27. The van der Waals surface area contributed by atoms with Gasteiger partial charge in [-0.1, -0.05) is 48.0 Å². The van der Waals surface area contributed by atoms with Crippen LogP contribution < -0.4 is 15.1 Å². The maximum Gasteiger partial charge on any atom is 0.239 e. The maximum atomic E-state index is 12.6. The van der Waals surface area contributed by atoms with Gasteiger partial charge in [0.25, 0.3) is 0 Å². The van der Waals surface area contributed by atoms with Crippen molar-refractivity contribution >= 4 is 11.6 Å². The molecule has 0 radical (unpaired) electrons. The van der Waals surface area contributed by atoms with Crippen LogP contribution in [-0.2, 0) is 17.8 Å². The first-order chi connectivity index (χ1) is 13.2. The number of likely N-dealkylation sites (tertiary alicyclic amines) is 1. The first-order valence-corrected chi connectivity index (χ1v) is 10.2. The Bertz CT molecular complexity index is 789. The smallest absolute Gasteiger partial charge is 0.239 e. The molecule has 2 N–H and O–H groups in total. The van der Waals surface area contributed by atoms with E-state index < -0.39 is 0 Å². The third kappa shape index (κ3) is 4.51. The Hall–Kier alpha value is -2.33. The summed E-state index contributed by atoms with van der Waals surface area (Å²) in [6.45, 7) is 6.78. The van der Waals surface area contributed by atoms with Crippen molar-refractivity contribution in [2.75, 3.05) is 31.1 Å². The van der Waals surface area contributed by atoms with Crippen LogP contribution in [0.15, 0.2) is 48.5 Å². The first-order valence-electron chi connectivity index (χ1n) is 10.2. The van der Waals surface area contributed by atoms with Gasteiger partial charge in [-0.05, 0) is 31.4 Å². The van der Waals surface area contributed by atoms with Crippen molar-refractivity contribution in [1.29, 1.82) is 0 Å². The Morgan fingerprint density at radius 2 is 2.07 bits per heavy atom. The fourth-order valence-electron chi connectivity index (χ4n) is 4.51. The molecule has 0 aromatic heterocycles. The van der Waals surface area contributed by atoms with Crippen molar-refractivity contribution in [3.8, 4) is 0 Å². The Morgan fingerprint density at radius 1 is 1.22 bits per heavy atom. The Kier molecular flexibility index (Phi) is 5.44. The third-order valence-electron chi connectivity index (χ3n) is 5.83. The number of hydrogen-bond acceptors (Lipinski definition) is 2. The summed E-state index contributed by atoms with van der Waals surface area (Å²) in [6, 6.07) is 17.5. The fourth-order valence-corrected chi connectivity index (χ4v) is 4.51. The molecule has 2 aromatic carbocycles. The number of carbonyl (C=O) groups excluding carboxylic acids is 1. The summed E-state index contributed by atoms with van der Waals surface area (Å²) in [5.41, 5.74) is 5.30. The number of aryl methyl sites for hydroxylation is 2. The summed E-state index contributed by atoms with van der Waals surface area (Å²) in [6.07, 6.45) is 3.32. The van der Waals surface area contributed by atoms with Gasteiger partial charge in [0, 0.05) is 24.2 Å². The molecule has 4 rings (SSSR count). The highest BCUT2D eigenvalue weighted by Gasteiger charge is 2.28. The molecule has 27 heavy (non-hydrogen) atoms. The van der Waals surface area contributed by atoms with E-state index in [0.717, 1.165) is 45.4 Å². The van der Waals surface area contributed by atoms with Crippen molar-refractivity contribution in [2.45, 2.75) is 38.8 Å². The molecule has 4 nitrogen and oxygen atoms in total. The Balaban J connectivity index is 1.29. The van der Waals surface area contributed by atoms with Crippen LogP contribution in [0.1, 0.15) is 29.5 Å². The highest BCUT2D eigenvalue weighted by atomic mass is 16.2. The van der Waals surface area contributed by atoms with E-state index in [1.165, 1.54) is 22.4 Å². The second-order valence-corrected chi connectivity index (χ2v) is 8.08. The maximum absolute atomic E-state index is 12.6. The minimum atomic E-state index is 0.161. The van der Waals surface area contributed by atoms with Gasteiger partial charge in [0.2, 0.25) is 5.91 Å². The lowest BCUT2D eigenvalue weighted by atomic mass is 9.99. The second-order valence-electron chi connectivity index (χ2n) is 8.08. The topological polar surface area (TPSA) is 36.8 Å². The molecular formula is C23H30N3O+. The van der Waals surface area contributed by atoms with Crippen molar-refractivity contribution in [2.24, 2.45) is 0 Å². The number of hydrogen-bond donors (Lipinski definition) is 2. The SMILES string of the molecule is Cc1ccc2c(c1)CCCN2CC(=O)N[C@H]1CC[NH+](Cc2ccccc2)C1. The average molecular weight is 365 g/mol. The molecule has 1 amide bonds. The van der Waals surface area contributed by atoms with Gasteiger partial charge >= 0.3 is 0 Å². The predicted molar refractivity (Wildman–Crippen MR) is 109 cm³/mol. The molecule has 0 aliphatic carbocycles. The zero-order valence-corrected chi connectivity index (χ0v) is 16.2. The molecule has 0 bridgehead atoms. The van der Waals surface area contributed by atoms with Gasteiger partial charge in [-0.25, -0.2) is 0 Å². The van der Waals surface area contributed by atoms with Crippen molar-refractivity contribution in [3.05, 3.63) is 65.2 Å². The van der Waals surface area contributed by atoms with E-state index in [1.807, 2.05) is 0 Å². The lowest BCUT2D eigenvalue weighted by molar-refractivity contribution is -0.901. The van der Waals surface area contributed by atoms with Crippen LogP contribution in [0.2, 0.25) is 0 Å². The molecule has 2 aliphatic rings. The van der Waals surface area contributed by atoms with E-state index in [9.17, 15) is 4.79 Å². The number of nitrogens with one attached hydrogen (secondary N) is 2. The number of rotatable bonds is 5. The quantitative estimate of drug-likeness (QED) is 0.848. The average Bonchev–Trinajstić information content (AvgIpc) is 3.09. The molecule has 0 spiro atoms. The zero-order chi connectivity index (χ0) is 18.6. The number of quaternary nitrogens is 1. The van der Waals surface area contributed by atoms with Crippen LogP contribution in [0.4, 0.5) is 5.69 Å². The van der Waals surface area contributed by atoms with Crippen LogP contribution in [-0.4, -0.2) is 38.1 Å². The van der Waals surface area contributed by atoms with Crippen LogP contribution in [0.25, 0.3) is 0 Å². The van der Waals surface area contributed by atoms with Gasteiger partial charge in [-0.3, -0.25) is 4.79 Å². The van der Waals surface area contributed by atoms with E-state index in [0.29, 0.717) is 12.6 Å². The molecule has 2 atom stereocenters. The summed E-state index contributed by atoms with van der Waals surface area (Å²) in [5.74, 6) is 0.161. The van der Waals surface area contributed by atoms with Gasteiger partial charge in [0.1, 0.15) is 6.54 Å². The largest absolute Gasteiger partial charge is 0.362 e. The molecular weight excluding hydrogens is 334 g/mol. The van der Waals surface area contributed by atoms with Crippen LogP contribution in [0.5, 0.6) is 0 Å². The number of benzene rings is 2. The summed E-state index contributed by atoms with van der Waals surface area (Å²) in [4.78, 5) is 16.5. The van der Waals surface area contributed by atoms with Gasteiger partial charge in [0.05, 0.1) is 25.7 Å². The summed E-state index contributed by atoms with van der Waals surface area (Å²) in [7, 11) is 0. The van der Waals surface area contributed by atoms with Crippen molar-refractivity contribution in [3.63, 3.8) is 0 Å². The predicted octanol–water partition coefficient (Wildman–Crippen LogP) is 1.72. The number of anilines is 1. The number of amides is 1. The van der Waals surface area contributed by atoms with E-state index in [2.05, 4.69) is 65.7 Å². The van der Waals surface area contributed by atoms with E-state index in [4.69, 9.17) is 0 Å². The van der Waals surface area contributed by atoms with Crippen LogP contribution >= 0.6 is 0 Å². The van der Waals surface area contributed by atoms with Gasteiger partial charge in [-0.2, -0.15) is 0 Å². The molecule has 2 heterocycles. The number of nitrogens with zero attached hydrogens (tertiary/aromatic N) is 1.